The third kappa shape index (κ3) is 3.40. The Hall–Kier alpha value is -0.900. The highest BCUT2D eigenvalue weighted by Gasteiger charge is 2.36. The first kappa shape index (κ1) is 15.5. The smallest absolute Gasteiger partial charge is 0.380 e. The van der Waals surface area contributed by atoms with Gasteiger partial charge in [0.15, 0.2) is 0 Å². The van der Waals surface area contributed by atoms with Crippen LogP contribution in [0.3, 0.4) is 0 Å². The molecule has 20 heavy (non-hydrogen) atoms. The summed E-state index contributed by atoms with van der Waals surface area (Å²) in [6.45, 7) is 4.21. The van der Waals surface area contributed by atoms with Crippen molar-refractivity contribution in [2.45, 2.75) is 45.3 Å². The van der Waals surface area contributed by atoms with E-state index >= 15 is 0 Å². The van der Waals surface area contributed by atoms with Crippen molar-refractivity contribution in [1.82, 2.24) is 0 Å². The second-order valence-electron chi connectivity index (χ2n) is 5.81. The molecule has 0 spiro atoms. The van der Waals surface area contributed by atoms with Crippen LogP contribution in [0.5, 0.6) is 0 Å². The Balaban J connectivity index is 2.28. The summed E-state index contributed by atoms with van der Waals surface area (Å²) >= 11 is 5.98. The van der Waals surface area contributed by atoms with Gasteiger partial charge in [-0.3, -0.25) is 0 Å². The SMILES string of the molecule is CC1CCC(C)C(Nc2c(Cl)cccc2C(F)(F)F)C1. The van der Waals surface area contributed by atoms with Gasteiger partial charge in [0.05, 0.1) is 16.3 Å². The third-order valence-electron chi connectivity index (χ3n) is 4.11. The first-order valence-corrected chi connectivity index (χ1v) is 7.29. The van der Waals surface area contributed by atoms with Crippen molar-refractivity contribution < 1.29 is 13.2 Å². The number of hydrogen-bond acceptors (Lipinski definition) is 1. The van der Waals surface area contributed by atoms with E-state index in [4.69, 9.17) is 11.6 Å². The molecule has 0 aliphatic heterocycles. The lowest BCUT2D eigenvalue weighted by Gasteiger charge is -2.34. The number of halogens is 4. The summed E-state index contributed by atoms with van der Waals surface area (Å²) in [7, 11) is 0. The van der Waals surface area contributed by atoms with Gasteiger partial charge < -0.3 is 5.32 Å². The molecule has 0 amide bonds. The zero-order chi connectivity index (χ0) is 14.9. The number of rotatable bonds is 2. The molecule has 112 valence electrons. The molecular formula is C15H19ClF3N. The fourth-order valence-corrected chi connectivity index (χ4v) is 3.05. The second-order valence-corrected chi connectivity index (χ2v) is 6.21. The highest BCUT2D eigenvalue weighted by molar-refractivity contribution is 6.33. The van der Waals surface area contributed by atoms with Crippen LogP contribution in [0.25, 0.3) is 0 Å². The number of benzene rings is 1. The number of hydrogen-bond donors (Lipinski definition) is 1. The summed E-state index contributed by atoms with van der Waals surface area (Å²) < 4.78 is 39.2. The van der Waals surface area contributed by atoms with Gasteiger partial charge >= 0.3 is 6.18 Å². The predicted octanol–water partition coefficient (Wildman–Crippen LogP) is 5.60. The van der Waals surface area contributed by atoms with Crippen LogP contribution in [-0.2, 0) is 6.18 Å². The topological polar surface area (TPSA) is 12.0 Å². The summed E-state index contributed by atoms with van der Waals surface area (Å²) in [4.78, 5) is 0. The van der Waals surface area contributed by atoms with Crippen molar-refractivity contribution >= 4 is 17.3 Å². The average molecular weight is 306 g/mol. The Morgan fingerprint density at radius 3 is 2.55 bits per heavy atom. The number of nitrogens with one attached hydrogen (secondary N) is 1. The summed E-state index contributed by atoms with van der Waals surface area (Å²) in [6, 6.07) is 3.95. The van der Waals surface area contributed by atoms with Crippen molar-refractivity contribution in [3.8, 4) is 0 Å². The molecule has 1 N–H and O–H groups in total. The quantitative estimate of drug-likeness (QED) is 0.750. The summed E-state index contributed by atoms with van der Waals surface area (Å²) in [5.41, 5.74) is -0.664. The van der Waals surface area contributed by atoms with Crippen LogP contribution in [-0.4, -0.2) is 6.04 Å². The predicted molar refractivity (Wildman–Crippen MR) is 76.0 cm³/mol. The molecule has 5 heteroatoms. The van der Waals surface area contributed by atoms with Gasteiger partial charge in [-0.1, -0.05) is 37.9 Å². The molecule has 1 aromatic rings. The van der Waals surface area contributed by atoms with E-state index in [2.05, 4.69) is 19.2 Å². The fraction of sp³-hybridized carbons (Fsp3) is 0.600. The maximum absolute atomic E-state index is 13.1. The first-order chi connectivity index (χ1) is 9.29. The molecule has 0 radical (unpaired) electrons. The van der Waals surface area contributed by atoms with E-state index in [1.807, 2.05) is 0 Å². The zero-order valence-electron chi connectivity index (χ0n) is 11.6. The van der Waals surface area contributed by atoms with Crippen LogP contribution >= 0.6 is 11.6 Å². The number of alkyl halides is 3. The molecule has 0 aromatic heterocycles. The molecule has 1 fully saturated rings. The lowest BCUT2D eigenvalue weighted by Crippen LogP contribution is -2.34. The van der Waals surface area contributed by atoms with E-state index in [1.165, 1.54) is 12.1 Å². The van der Waals surface area contributed by atoms with E-state index in [1.54, 1.807) is 0 Å². The normalized spacial score (nSPS) is 27.4. The lowest BCUT2D eigenvalue weighted by atomic mass is 9.80. The van der Waals surface area contributed by atoms with E-state index in [9.17, 15) is 13.2 Å². The fourth-order valence-electron chi connectivity index (χ4n) is 2.83. The minimum Gasteiger partial charge on any atom is -0.380 e. The molecule has 0 heterocycles. The van der Waals surface area contributed by atoms with Gasteiger partial charge in [0.25, 0.3) is 0 Å². The minimum atomic E-state index is -4.39. The first-order valence-electron chi connectivity index (χ1n) is 6.91. The minimum absolute atomic E-state index is 0.0209. The number of anilines is 1. The Bertz CT molecular complexity index is 473. The van der Waals surface area contributed by atoms with Gasteiger partial charge in [-0.2, -0.15) is 13.2 Å². The highest BCUT2D eigenvalue weighted by Crippen LogP contribution is 2.40. The molecule has 1 aliphatic carbocycles. The van der Waals surface area contributed by atoms with Crippen LogP contribution in [0.4, 0.5) is 18.9 Å². The van der Waals surface area contributed by atoms with Crippen molar-refractivity contribution in [1.29, 1.82) is 0 Å². The lowest BCUT2D eigenvalue weighted by molar-refractivity contribution is -0.137. The van der Waals surface area contributed by atoms with E-state index in [-0.39, 0.29) is 16.8 Å². The van der Waals surface area contributed by atoms with Crippen LogP contribution in [0.2, 0.25) is 5.02 Å². The molecule has 3 unspecified atom stereocenters. The molecule has 1 aliphatic rings. The van der Waals surface area contributed by atoms with Gasteiger partial charge in [-0.05, 0) is 36.8 Å². The third-order valence-corrected chi connectivity index (χ3v) is 4.42. The van der Waals surface area contributed by atoms with E-state index in [0.717, 1.165) is 25.3 Å². The molecule has 0 bridgehead atoms. The van der Waals surface area contributed by atoms with Gasteiger partial charge in [0, 0.05) is 6.04 Å². The van der Waals surface area contributed by atoms with Gasteiger partial charge in [-0.15, -0.1) is 0 Å². The molecule has 1 aromatic carbocycles. The van der Waals surface area contributed by atoms with Gasteiger partial charge in [0.1, 0.15) is 0 Å². The zero-order valence-corrected chi connectivity index (χ0v) is 12.4. The van der Waals surface area contributed by atoms with Gasteiger partial charge in [-0.25, -0.2) is 0 Å². The van der Waals surface area contributed by atoms with Crippen LogP contribution in [0, 0.1) is 11.8 Å². The molecule has 1 nitrogen and oxygen atoms in total. The van der Waals surface area contributed by atoms with E-state index in [0.29, 0.717) is 11.8 Å². The molecule has 2 rings (SSSR count). The Morgan fingerprint density at radius 1 is 1.20 bits per heavy atom. The maximum atomic E-state index is 13.1. The molecule has 3 atom stereocenters. The average Bonchev–Trinajstić information content (AvgIpc) is 2.35. The van der Waals surface area contributed by atoms with Crippen molar-refractivity contribution in [3.05, 3.63) is 28.8 Å². The Kier molecular flexibility index (Phi) is 4.52. The number of para-hydroxylation sites is 1. The van der Waals surface area contributed by atoms with Gasteiger partial charge in [0.2, 0.25) is 0 Å². The van der Waals surface area contributed by atoms with Crippen LogP contribution < -0.4 is 5.32 Å². The summed E-state index contributed by atoms with van der Waals surface area (Å²) in [5, 5.41) is 3.18. The van der Waals surface area contributed by atoms with Crippen LogP contribution in [0.1, 0.15) is 38.7 Å². The second kappa shape index (κ2) is 5.84. The van der Waals surface area contributed by atoms with Crippen LogP contribution in [0.15, 0.2) is 18.2 Å². The van der Waals surface area contributed by atoms with Crippen molar-refractivity contribution in [2.24, 2.45) is 11.8 Å². The molecule has 1 saturated carbocycles. The largest absolute Gasteiger partial charge is 0.418 e. The monoisotopic (exact) mass is 305 g/mol. The van der Waals surface area contributed by atoms with Crippen molar-refractivity contribution in [2.75, 3.05) is 5.32 Å². The Labute approximate surface area is 122 Å². The summed E-state index contributed by atoms with van der Waals surface area (Å²) in [5.74, 6) is 0.879. The standard InChI is InChI=1S/C15H19ClF3N/c1-9-6-7-10(2)13(8-9)20-14-11(15(17,18)19)4-3-5-12(14)16/h3-5,9-10,13,20H,6-8H2,1-2H3. The molecule has 0 saturated heterocycles. The maximum Gasteiger partial charge on any atom is 0.418 e. The molecular weight excluding hydrogens is 287 g/mol. The summed E-state index contributed by atoms with van der Waals surface area (Å²) in [6.07, 6.45) is -1.35. The Morgan fingerprint density at radius 2 is 1.90 bits per heavy atom. The highest BCUT2D eigenvalue weighted by atomic mass is 35.5. The van der Waals surface area contributed by atoms with E-state index < -0.39 is 11.7 Å². The van der Waals surface area contributed by atoms with Crippen molar-refractivity contribution in [3.63, 3.8) is 0 Å².